The average Bonchev–Trinajstić information content (AvgIpc) is 3.56. The van der Waals surface area contributed by atoms with Crippen molar-refractivity contribution < 1.29 is 0 Å². The average molecular weight is 588 g/mol. The van der Waals surface area contributed by atoms with E-state index in [1.165, 1.54) is 92.8 Å². The third-order valence-corrected chi connectivity index (χ3v) is 10.2. The second kappa shape index (κ2) is 9.29. The molecule has 0 atom stereocenters. The normalized spacial score (nSPS) is 12.1. The van der Waals surface area contributed by atoms with E-state index in [2.05, 4.69) is 163 Å². The van der Waals surface area contributed by atoms with Gasteiger partial charge in [0.25, 0.3) is 0 Å². The number of aryl methyl sites for hydroxylation is 2. The highest BCUT2D eigenvalue weighted by Crippen LogP contribution is 2.47. The van der Waals surface area contributed by atoms with Gasteiger partial charge in [0, 0.05) is 80.1 Å². The minimum absolute atomic E-state index is 1.01. The summed E-state index contributed by atoms with van der Waals surface area (Å²) < 4.78 is 4.60. The van der Waals surface area contributed by atoms with Crippen molar-refractivity contribution in [2.45, 2.75) is 0 Å². The Morgan fingerprint density at radius 2 is 0.848 bits per heavy atom. The van der Waals surface area contributed by atoms with E-state index in [9.17, 15) is 0 Å². The molecule has 0 bridgehead atoms. The summed E-state index contributed by atoms with van der Waals surface area (Å²) in [6.45, 7) is 0. The van der Waals surface area contributed by atoms with Gasteiger partial charge in [0.1, 0.15) is 0 Å². The van der Waals surface area contributed by atoms with E-state index in [-0.39, 0.29) is 0 Å². The van der Waals surface area contributed by atoms with Gasteiger partial charge in [0.05, 0.1) is 5.52 Å². The van der Waals surface area contributed by atoms with Crippen molar-refractivity contribution in [1.82, 2.24) is 14.1 Å². The van der Waals surface area contributed by atoms with E-state index in [1.54, 1.807) is 0 Å². The molecule has 0 aliphatic heterocycles. The van der Waals surface area contributed by atoms with Gasteiger partial charge in [0.2, 0.25) is 0 Å². The highest BCUT2D eigenvalue weighted by atomic mass is 14.9. The first kappa shape index (κ1) is 25.4. The fourth-order valence-electron chi connectivity index (χ4n) is 8.06. The topological polar surface area (TPSA) is 22.8 Å². The molecule has 216 valence electrons. The summed E-state index contributed by atoms with van der Waals surface area (Å²) in [5.41, 5.74) is 10.9. The van der Waals surface area contributed by atoms with Gasteiger partial charge in [-0.05, 0) is 75.5 Å². The number of nitrogens with zero attached hydrogens (tertiary/aromatic N) is 3. The number of benzene rings is 7. The van der Waals surface area contributed by atoms with Crippen LogP contribution in [-0.2, 0) is 14.1 Å². The van der Waals surface area contributed by atoms with Crippen molar-refractivity contribution in [3.8, 4) is 22.3 Å². The summed E-state index contributed by atoms with van der Waals surface area (Å²) in [4.78, 5) is 5.04. The zero-order valence-electron chi connectivity index (χ0n) is 25.6. The second-order valence-corrected chi connectivity index (χ2v) is 12.5. The van der Waals surface area contributed by atoms with Gasteiger partial charge >= 0.3 is 0 Å². The van der Waals surface area contributed by atoms with Gasteiger partial charge in [-0.2, -0.15) is 0 Å². The van der Waals surface area contributed by atoms with Crippen molar-refractivity contribution in [2.75, 3.05) is 0 Å². The Morgan fingerprint density at radius 3 is 1.46 bits per heavy atom. The maximum Gasteiger partial charge on any atom is 0.0708 e. The van der Waals surface area contributed by atoms with Crippen LogP contribution < -0.4 is 0 Å². The molecule has 10 aromatic rings. The molecule has 46 heavy (non-hydrogen) atoms. The fraction of sp³-hybridized carbons (Fsp3) is 0.0465. The monoisotopic (exact) mass is 587 g/mol. The van der Waals surface area contributed by atoms with E-state index >= 15 is 0 Å². The second-order valence-electron chi connectivity index (χ2n) is 12.5. The summed E-state index contributed by atoms with van der Waals surface area (Å²) in [5.74, 6) is 0. The predicted molar refractivity (Wildman–Crippen MR) is 196 cm³/mol. The molecule has 0 N–H and O–H groups in total. The Kier molecular flexibility index (Phi) is 5.13. The maximum atomic E-state index is 5.04. The van der Waals surface area contributed by atoms with Crippen LogP contribution in [0.25, 0.3) is 98.3 Å². The lowest BCUT2D eigenvalue weighted by atomic mass is 9.85. The molecule has 0 saturated carbocycles. The molecule has 3 heterocycles. The quantitative estimate of drug-likeness (QED) is 0.146. The van der Waals surface area contributed by atoms with Gasteiger partial charge in [0.15, 0.2) is 0 Å². The lowest BCUT2D eigenvalue weighted by molar-refractivity contribution is 1.01. The Balaban J connectivity index is 1.37. The van der Waals surface area contributed by atoms with Crippen LogP contribution in [0.2, 0.25) is 0 Å². The van der Waals surface area contributed by atoms with Crippen molar-refractivity contribution in [1.29, 1.82) is 0 Å². The largest absolute Gasteiger partial charge is 0.344 e. The highest BCUT2D eigenvalue weighted by Gasteiger charge is 2.21. The van der Waals surface area contributed by atoms with Crippen LogP contribution in [0.1, 0.15) is 0 Å². The zero-order valence-corrected chi connectivity index (χ0v) is 25.6. The molecule has 3 nitrogen and oxygen atoms in total. The molecule has 0 unspecified atom stereocenters. The summed E-state index contributed by atoms with van der Waals surface area (Å²) in [7, 11) is 4.32. The molecule has 0 aliphatic rings. The third kappa shape index (κ3) is 3.34. The van der Waals surface area contributed by atoms with Gasteiger partial charge < -0.3 is 9.13 Å². The first-order chi connectivity index (χ1) is 22.7. The zero-order chi connectivity index (χ0) is 30.5. The molecular weight excluding hydrogens is 558 g/mol. The summed E-state index contributed by atoms with van der Waals surface area (Å²) in [6, 6.07) is 48.9. The van der Waals surface area contributed by atoms with Gasteiger partial charge in [-0.25, -0.2) is 0 Å². The Labute approximate surface area is 265 Å². The predicted octanol–water partition coefficient (Wildman–Crippen LogP) is 11.2. The fourth-order valence-corrected chi connectivity index (χ4v) is 8.06. The lowest BCUT2D eigenvalue weighted by Gasteiger charge is -2.19. The van der Waals surface area contributed by atoms with E-state index in [4.69, 9.17) is 4.98 Å². The molecule has 10 rings (SSSR count). The minimum Gasteiger partial charge on any atom is -0.344 e. The van der Waals surface area contributed by atoms with E-state index < -0.39 is 0 Å². The van der Waals surface area contributed by atoms with Crippen molar-refractivity contribution in [2.24, 2.45) is 14.1 Å². The number of aromatic nitrogens is 3. The smallest absolute Gasteiger partial charge is 0.0708 e. The summed E-state index contributed by atoms with van der Waals surface area (Å²) in [6.07, 6.45) is 2.10. The van der Waals surface area contributed by atoms with Crippen LogP contribution in [0.3, 0.4) is 0 Å². The maximum absolute atomic E-state index is 5.04. The number of fused-ring (bicyclic) bond motifs is 10. The molecule has 3 aromatic heterocycles. The first-order valence-corrected chi connectivity index (χ1v) is 15.8. The Bertz CT molecular complexity index is 2880. The Hall–Kier alpha value is -5.93. The van der Waals surface area contributed by atoms with Crippen LogP contribution in [0.5, 0.6) is 0 Å². The van der Waals surface area contributed by atoms with Crippen LogP contribution in [0.4, 0.5) is 0 Å². The molecule has 0 fully saturated rings. The van der Waals surface area contributed by atoms with Gasteiger partial charge in [-0.15, -0.1) is 0 Å². The Morgan fingerprint density at radius 1 is 0.391 bits per heavy atom. The molecule has 0 saturated heterocycles. The summed E-state index contributed by atoms with van der Waals surface area (Å²) >= 11 is 0. The molecule has 7 aromatic carbocycles. The van der Waals surface area contributed by atoms with Gasteiger partial charge in [-0.1, -0.05) is 91.0 Å². The molecular formula is C43H29N3. The SMILES string of the molecule is Cn1c2ccccc2c2cc(-c3c4ccccc4c(-c4ccc5c(c4)c4ccccc4n5C)c4c3cnc3ccccc34)ccc21. The summed E-state index contributed by atoms with van der Waals surface area (Å²) in [5, 5.41) is 11.2. The molecule has 0 aliphatic carbocycles. The number of rotatable bonds is 2. The van der Waals surface area contributed by atoms with E-state index in [0.29, 0.717) is 0 Å². The highest BCUT2D eigenvalue weighted by molar-refractivity contribution is 6.28. The molecule has 0 spiro atoms. The van der Waals surface area contributed by atoms with Crippen LogP contribution in [-0.4, -0.2) is 14.1 Å². The number of hydrogen-bond donors (Lipinski definition) is 0. The van der Waals surface area contributed by atoms with E-state index in [1.807, 2.05) is 0 Å². The van der Waals surface area contributed by atoms with Crippen LogP contribution in [0, 0.1) is 0 Å². The van der Waals surface area contributed by atoms with Crippen LogP contribution >= 0.6 is 0 Å². The molecule has 0 radical (unpaired) electrons. The van der Waals surface area contributed by atoms with Crippen molar-refractivity contribution in [3.05, 3.63) is 140 Å². The minimum atomic E-state index is 1.01. The van der Waals surface area contributed by atoms with Crippen molar-refractivity contribution >= 4 is 76.1 Å². The van der Waals surface area contributed by atoms with Crippen molar-refractivity contribution in [3.63, 3.8) is 0 Å². The molecule has 3 heteroatoms. The molecule has 0 amide bonds. The number of pyridine rings is 1. The lowest BCUT2D eigenvalue weighted by Crippen LogP contribution is -1.94. The third-order valence-electron chi connectivity index (χ3n) is 10.2. The number of para-hydroxylation sites is 3. The number of hydrogen-bond acceptors (Lipinski definition) is 1. The standard InChI is InChI=1S/C43H29N3/c1-45-37-17-9-6-11-28(37)33-23-26(19-21-39(33)45)41-30-13-3-4-14-31(30)42(43-32-15-5-8-16-36(32)44-25-35(41)43)27-20-22-40-34(24-27)29-12-7-10-18-38(29)46(40)2/h3-25H,1-2H3. The van der Waals surface area contributed by atoms with Gasteiger partial charge in [-0.3, -0.25) is 4.98 Å². The van der Waals surface area contributed by atoms with E-state index in [0.717, 1.165) is 5.52 Å². The van der Waals surface area contributed by atoms with Crippen LogP contribution in [0.15, 0.2) is 140 Å². The first-order valence-electron chi connectivity index (χ1n) is 15.8.